The summed E-state index contributed by atoms with van der Waals surface area (Å²) in [4.78, 5) is 19.8. The first-order chi connectivity index (χ1) is 15.0. The maximum Gasteiger partial charge on any atom is 0.450 e. The Balaban J connectivity index is -0.000000469. The van der Waals surface area contributed by atoms with Gasteiger partial charge in [0.05, 0.1) is 10.7 Å². The fourth-order valence-corrected chi connectivity index (χ4v) is 4.56. The molecule has 0 aliphatic rings. The van der Waals surface area contributed by atoms with Gasteiger partial charge in [0.2, 0.25) is 11.4 Å². The third-order valence-electron chi connectivity index (χ3n) is 3.09. The molecule has 3 N–H and O–H groups in total. The normalized spacial score (nSPS) is 15.2. The molecule has 1 unspecified atom stereocenters. The molecule has 0 spiro atoms. The smallest absolute Gasteiger partial charge is 0.396 e. The standard InChI is InChI=1S/C7H11BrF6OSi.C4H5BrF3NO2.C3H2BrF3O/c1-16(2,3)15-5(4-8,6(9,10)11)7(12,13)14;5-1-3(11,2(9)10)4(6,7)8;4-1-2(8)3(5,6)7/h4H2,1-3H3;11H,1H2,(H2,9,10);1H2. The summed E-state index contributed by atoms with van der Waals surface area (Å²) in [6, 6.07) is 0. The Hall–Kier alpha value is -0.123. The number of nitrogens with two attached hydrogens (primary N) is 1. The predicted molar refractivity (Wildman–Crippen MR) is 112 cm³/mol. The minimum atomic E-state index is -5.50. The highest BCUT2D eigenvalue weighted by Gasteiger charge is 2.72. The fraction of sp³-hybridized carbons (Fsp3) is 0.857. The Labute approximate surface area is 216 Å². The molecule has 0 aliphatic carbocycles. The van der Waals surface area contributed by atoms with E-state index in [0.717, 1.165) is 0 Å². The highest BCUT2D eigenvalue weighted by molar-refractivity contribution is 9.09. The van der Waals surface area contributed by atoms with Crippen molar-refractivity contribution in [3.05, 3.63) is 0 Å². The first-order valence-corrected chi connectivity index (χ1v) is 15.0. The second-order valence-corrected chi connectivity index (χ2v) is 13.2. The number of primary amides is 1. The van der Waals surface area contributed by atoms with Crippen LogP contribution in [0, 0.1) is 0 Å². The van der Waals surface area contributed by atoms with Crippen molar-refractivity contribution in [1.29, 1.82) is 0 Å². The van der Waals surface area contributed by atoms with E-state index in [-0.39, 0.29) is 0 Å². The van der Waals surface area contributed by atoms with Crippen molar-refractivity contribution in [3.63, 3.8) is 0 Å². The Morgan fingerprint density at radius 3 is 1.14 bits per heavy atom. The fourth-order valence-electron chi connectivity index (χ4n) is 1.34. The summed E-state index contributed by atoms with van der Waals surface area (Å²) < 4.78 is 148. The molecular formula is C14H18Br3F12NO4Si. The Morgan fingerprint density at radius 1 is 0.771 bits per heavy atom. The van der Waals surface area contributed by atoms with Gasteiger partial charge >= 0.3 is 24.7 Å². The van der Waals surface area contributed by atoms with E-state index in [1.165, 1.54) is 19.6 Å². The molecule has 0 rings (SSSR count). The van der Waals surface area contributed by atoms with E-state index in [1.54, 1.807) is 0 Å². The van der Waals surface area contributed by atoms with Crippen LogP contribution in [0.3, 0.4) is 0 Å². The number of alkyl halides is 15. The summed E-state index contributed by atoms with van der Waals surface area (Å²) in [5.41, 5.74) is -3.26. The van der Waals surface area contributed by atoms with Gasteiger partial charge in [0, 0.05) is 5.33 Å². The van der Waals surface area contributed by atoms with Crippen molar-refractivity contribution in [2.75, 3.05) is 16.0 Å². The topological polar surface area (TPSA) is 89.6 Å². The average molecular weight is 760 g/mol. The van der Waals surface area contributed by atoms with Gasteiger partial charge < -0.3 is 15.3 Å². The second-order valence-electron chi connectivity index (χ2n) is 7.08. The van der Waals surface area contributed by atoms with Gasteiger partial charge in [-0.1, -0.05) is 47.8 Å². The highest BCUT2D eigenvalue weighted by Crippen LogP contribution is 2.48. The first-order valence-electron chi connectivity index (χ1n) is 8.21. The summed E-state index contributed by atoms with van der Waals surface area (Å²) >= 11 is 6.97. The molecule has 0 bridgehead atoms. The molecule has 35 heavy (non-hydrogen) atoms. The van der Waals surface area contributed by atoms with Crippen molar-refractivity contribution >= 4 is 67.8 Å². The van der Waals surface area contributed by atoms with Crippen LogP contribution in [0.25, 0.3) is 0 Å². The van der Waals surface area contributed by atoms with E-state index in [4.69, 9.17) is 5.11 Å². The number of aliphatic hydroxyl groups is 1. The Kier molecular flexibility index (Phi) is 15.3. The van der Waals surface area contributed by atoms with Gasteiger partial charge in [-0.05, 0) is 19.6 Å². The second kappa shape index (κ2) is 13.6. The zero-order valence-corrected chi connectivity index (χ0v) is 23.3. The van der Waals surface area contributed by atoms with Crippen LogP contribution in [0.4, 0.5) is 52.7 Å². The van der Waals surface area contributed by atoms with Crippen molar-refractivity contribution in [2.45, 2.75) is 55.5 Å². The molecule has 0 fully saturated rings. The van der Waals surface area contributed by atoms with Crippen molar-refractivity contribution in [2.24, 2.45) is 5.73 Å². The largest absolute Gasteiger partial charge is 0.450 e. The third-order valence-corrected chi connectivity index (χ3v) is 6.16. The zero-order chi connectivity index (χ0) is 29.5. The van der Waals surface area contributed by atoms with Crippen LogP contribution in [0.2, 0.25) is 19.6 Å². The maximum atomic E-state index is 12.5. The molecule has 0 radical (unpaired) electrons. The lowest BCUT2D eigenvalue weighted by molar-refractivity contribution is -0.350. The van der Waals surface area contributed by atoms with E-state index >= 15 is 0 Å². The lowest BCUT2D eigenvalue weighted by atomic mass is 10.1. The molecule has 1 atom stereocenters. The third kappa shape index (κ3) is 12.3. The van der Waals surface area contributed by atoms with Crippen LogP contribution >= 0.6 is 47.8 Å². The number of hydrogen-bond acceptors (Lipinski definition) is 4. The van der Waals surface area contributed by atoms with E-state index in [1.807, 2.05) is 0 Å². The molecule has 0 saturated carbocycles. The highest BCUT2D eigenvalue weighted by atomic mass is 79.9. The summed E-state index contributed by atoms with van der Waals surface area (Å²) in [7, 11) is -3.00. The van der Waals surface area contributed by atoms with Gasteiger partial charge in [-0.25, -0.2) is 0 Å². The van der Waals surface area contributed by atoms with Crippen LogP contribution in [0.15, 0.2) is 0 Å². The van der Waals surface area contributed by atoms with Crippen LogP contribution in [0.5, 0.6) is 0 Å². The van der Waals surface area contributed by atoms with E-state index in [9.17, 15) is 62.3 Å². The van der Waals surface area contributed by atoms with Crippen molar-refractivity contribution in [3.8, 4) is 0 Å². The molecule has 5 nitrogen and oxygen atoms in total. The van der Waals surface area contributed by atoms with Gasteiger partial charge in [0.25, 0.3) is 11.5 Å². The molecule has 212 valence electrons. The molecule has 0 saturated heterocycles. The number of halogens is 15. The molecule has 0 aliphatic heterocycles. The molecule has 0 aromatic rings. The Bertz CT molecular complexity index is 678. The van der Waals surface area contributed by atoms with Crippen molar-refractivity contribution < 1.29 is 71.8 Å². The molecular weight excluding hydrogens is 742 g/mol. The molecule has 0 heterocycles. The molecule has 0 aromatic heterocycles. The zero-order valence-electron chi connectivity index (χ0n) is 17.5. The number of hydrogen-bond donors (Lipinski definition) is 2. The lowest BCUT2D eigenvalue weighted by Gasteiger charge is -2.40. The number of Topliss-reactive ketones (excluding diaryl/α,β-unsaturated/α-hetero) is 1. The van der Waals surface area contributed by atoms with Crippen LogP contribution in [-0.2, 0) is 14.0 Å². The van der Waals surface area contributed by atoms with Gasteiger partial charge in [-0.15, -0.1) is 0 Å². The molecule has 1 amide bonds. The number of amides is 1. The Morgan fingerprint density at radius 2 is 1.11 bits per heavy atom. The summed E-state index contributed by atoms with van der Waals surface area (Å²) in [5.74, 6) is -3.57. The number of carbonyl (C=O) groups is 2. The number of ketones is 1. The summed E-state index contributed by atoms with van der Waals surface area (Å²) in [6.45, 7) is 3.80. The van der Waals surface area contributed by atoms with Gasteiger partial charge in [-0.3, -0.25) is 9.59 Å². The van der Waals surface area contributed by atoms with Crippen LogP contribution in [0.1, 0.15) is 0 Å². The van der Waals surface area contributed by atoms with E-state index in [2.05, 4.69) is 57.9 Å². The first kappa shape index (κ1) is 39.4. The van der Waals surface area contributed by atoms with Gasteiger partial charge in [-0.2, -0.15) is 52.7 Å². The molecule has 0 aromatic carbocycles. The van der Waals surface area contributed by atoms with Crippen molar-refractivity contribution in [1.82, 2.24) is 0 Å². The predicted octanol–water partition coefficient (Wildman–Crippen LogP) is 5.77. The maximum absolute atomic E-state index is 12.5. The van der Waals surface area contributed by atoms with E-state index < -0.39 is 71.9 Å². The van der Waals surface area contributed by atoms with Crippen LogP contribution in [-0.4, -0.2) is 77.0 Å². The SMILES string of the molecule is C[Si](C)(C)OC(CBr)(C(F)(F)F)C(F)(F)F.NC(=O)C(O)(CBr)C(F)(F)F.O=C(CBr)C(F)(F)F. The molecule has 21 heteroatoms. The van der Waals surface area contributed by atoms with Crippen LogP contribution < -0.4 is 5.73 Å². The van der Waals surface area contributed by atoms with Gasteiger partial charge in [0.1, 0.15) is 0 Å². The van der Waals surface area contributed by atoms with E-state index in [0.29, 0.717) is 0 Å². The quantitative estimate of drug-likeness (QED) is 0.205. The number of carbonyl (C=O) groups excluding carboxylic acids is 2. The summed E-state index contributed by atoms with van der Waals surface area (Å²) in [6.07, 6.45) is -20.7. The minimum Gasteiger partial charge on any atom is -0.396 e. The summed E-state index contributed by atoms with van der Waals surface area (Å²) in [5, 5.41) is 5.61. The van der Waals surface area contributed by atoms with Gasteiger partial charge in [0.15, 0.2) is 8.32 Å². The minimum absolute atomic E-state index is 0.656. The number of rotatable bonds is 6. The average Bonchev–Trinajstić information content (AvgIpc) is 2.61. The monoisotopic (exact) mass is 757 g/mol. The lowest BCUT2D eigenvalue weighted by Crippen LogP contribution is -2.63.